The van der Waals surface area contributed by atoms with Gasteiger partial charge in [-0.1, -0.05) is 47.0 Å². The van der Waals surface area contributed by atoms with Gasteiger partial charge in [0.25, 0.3) is 9.70 Å². The highest BCUT2D eigenvalue weighted by atomic mass is 35.6. The second-order valence-electron chi connectivity index (χ2n) is 5.33. The molecule has 1 heterocycles. The minimum Gasteiger partial charge on any atom is -0.396 e. The zero-order chi connectivity index (χ0) is 17.0. The number of hydrogen-bond donors (Lipinski definition) is 3. The van der Waals surface area contributed by atoms with Crippen molar-refractivity contribution in [3.05, 3.63) is 12.2 Å². The van der Waals surface area contributed by atoms with Gasteiger partial charge in [-0.3, -0.25) is 4.79 Å². The highest BCUT2D eigenvalue weighted by Gasteiger charge is 2.34. The van der Waals surface area contributed by atoms with Crippen molar-refractivity contribution in [1.29, 1.82) is 0 Å². The summed E-state index contributed by atoms with van der Waals surface area (Å²) < 4.78 is 8.84. The van der Waals surface area contributed by atoms with E-state index in [4.69, 9.17) is 49.4 Å². The zero-order valence-corrected chi connectivity index (χ0v) is 14.5. The summed E-state index contributed by atoms with van der Waals surface area (Å²) in [6.45, 7) is 3.67. The third kappa shape index (κ3) is 6.58. The normalized spacial score (nSPS) is 24.4. The smallest absolute Gasteiger partial charge is 0.272 e. The van der Waals surface area contributed by atoms with Gasteiger partial charge in [-0.05, 0) is 20.3 Å². The van der Waals surface area contributed by atoms with Gasteiger partial charge in [-0.15, -0.1) is 0 Å². The first-order valence-electron chi connectivity index (χ1n) is 6.72. The quantitative estimate of drug-likeness (QED) is 0.480. The summed E-state index contributed by atoms with van der Waals surface area (Å²) in [7, 11) is 0. The Hall–Kier alpha value is -0.0800. The molecule has 0 spiro atoms. The molecule has 3 atom stereocenters. The van der Waals surface area contributed by atoms with Gasteiger partial charge in [0.05, 0.1) is 18.8 Å². The Labute approximate surface area is 144 Å². The van der Waals surface area contributed by atoms with Crippen molar-refractivity contribution in [3.63, 3.8) is 0 Å². The summed E-state index contributed by atoms with van der Waals surface area (Å²) in [5.41, 5.74) is 0. The van der Waals surface area contributed by atoms with Crippen molar-refractivity contribution in [2.45, 2.75) is 48.1 Å². The third-order valence-electron chi connectivity index (χ3n) is 2.96. The Balaban J connectivity index is 2.72. The molecule has 0 aromatic carbocycles. The van der Waals surface area contributed by atoms with Crippen LogP contribution in [0.2, 0.25) is 0 Å². The van der Waals surface area contributed by atoms with E-state index in [1.165, 1.54) is 6.08 Å². The number of carbonyl (C=O) groups excluding carboxylic acids is 1. The van der Waals surface area contributed by atoms with Crippen LogP contribution >= 0.6 is 34.8 Å². The molecule has 0 unspecified atom stereocenters. The number of carbonyl (C=O) groups is 1. The maximum Gasteiger partial charge on any atom is 0.272 e. The number of amides is 1. The van der Waals surface area contributed by atoms with Gasteiger partial charge < -0.3 is 25.0 Å². The minimum absolute atomic E-state index is 0.0582. The molecular formula is C13H20Cl3NO5. The SMILES string of the molecule is CC1(C)OC[C@H](/C=C/[C@H](NC(=O)C(Cl)(Cl)Cl)[C@@H](O)CCO)O1. The second-order valence-corrected chi connectivity index (χ2v) is 7.61. The van der Waals surface area contributed by atoms with E-state index in [2.05, 4.69) is 5.32 Å². The predicted octanol–water partition coefficient (Wildman–Crippen LogP) is 1.29. The number of aliphatic hydroxyl groups is 2. The molecule has 128 valence electrons. The molecule has 1 aliphatic heterocycles. The molecule has 9 heteroatoms. The second kappa shape index (κ2) is 8.15. The summed E-state index contributed by atoms with van der Waals surface area (Å²) in [5, 5.41) is 21.3. The van der Waals surface area contributed by atoms with Gasteiger partial charge in [0.2, 0.25) is 0 Å². The number of alkyl halides is 3. The minimum atomic E-state index is -2.14. The van der Waals surface area contributed by atoms with E-state index in [1.807, 2.05) is 0 Å². The molecule has 1 saturated heterocycles. The molecule has 0 radical (unpaired) electrons. The summed E-state index contributed by atoms with van der Waals surface area (Å²) >= 11 is 16.5. The molecule has 3 N–H and O–H groups in total. The summed E-state index contributed by atoms with van der Waals surface area (Å²) in [6, 6.07) is -0.831. The standard InChI is InChI=1S/C13H20Cl3NO5/c1-12(2)21-7-8(22-12)3-4-9(10(19)5-6-18)17-11(20)13(14,15)16/h3-4,8-10,18-19H,5-7H2,1-2H3,(H,17,20)/b4-3+/t8-,9-,10-/m0/s1. The summed E-state index contributed by atoms with van der Waals surface area (Å²) in [4.78, 5) is 11.7. The number of hydrogen-bond acceptors (Lipinski definition) is 5. The van der Waals surface area contributed by atoms with Crippen molar-refractivity contribution in [2.75, 3.05) is 13.2 Å². The molecule has 0 aromatic rings. The van der Waals surface area contributed by atoms with Gasteiger partial charge in [-0.25, -0.2) is 0 Å². The Kier molecular flexibility index (Phi) is 7.39. The molecule has 1 aliphatic rings. The first-order valence-corrected chi connectivity index (χ1v) is 7.85. The van der Waals surface area contributed by atoms with Gasteiger partial charge >= 0.3 is 0 Å². The lowest BCUT2D eigenvalue weighted by molar-refractivity contribution is -0.133. The molecule has 1 fully saturated rings. The van der Waals surface area contributed by atoms with E-state index in [0.717, 1.165) is 0 Å². The Morgan fingerprint density at radius 2 is 2.14 bits per heavy atom. The molecule has 0 aromatic heterocycles. The lowest BCUT2D eigenvalue weighted by Gasteiger charge is -2.23. The number of halogens is 3. The van der Waals surface area contributed by atoms with Crippen molar-refractivity contribution in [2.24, 2.45) is 0 Å². The lowest BCUT2D eigenvalue weighted by atomic mass is 10.1. The van der Waals surface area contributed by atoms with Crippen molar-refractivity contribution in [3.8, 4) is 0 Å². The van der Waals surface area contributed by atoms with E-state index >= 15 is 0 Å². The number of ether oxygens (including phenoxy) is 2. The number of aliphatic hydroxyl groups excluding tert-OH is 2. The Morgan fingerprint density at radius 3 is 2.59 bits per heavy atom. The van der Waals surface area contributed by atoms with E-state index in [1.54, 1.807) is 19.9 Å². The molecular weight excluding hydrogens is 357 g/mol. The van der Waals surface area contributed by atoms with Crippen LogP contribution in [0.25, 0.3) is 0 Å². The van der Waals surface area contributed by atoms with E-state index < -0.39 is 27.6 Å². The lowest BCUT2D eigenvalue weighted by Crippen LogP contribution is -2.47. The van der Waals surface area contributed by atoms with Gasteiger partial charge in [0, 0.05) is 6.61 Å². The van der Waals surface area contributed by atoms with Crippen LogP contribution in [0.4, 0.5) is 0 Å². The third-order valence-corrected chi connectivity index (χ3v) is 3.47. The number of nitrogens with one attached hydrogen (secondary N) is 1. The van der Waals surface area contributed by atoms with Gasteiger partial charge in [-0.2, -0.15) is 0 Å². The average molecular weight is 377 g/mol. The fraction of sp³-hybridized carbons (Fsp3) is 0.769. The van der Waals surface area contributed by atoms with Crippen LogP contribution in [-0.2, 0) is 14.3 Å². The van der Waals surface area contributed by atoms with Crippen LogP contribution in [0.15, 0.2) is 12.2 Å². The zero-order valence-electron chi connectivity index (χ0n) is 12.3. The summed E-state index contributed by atoms with van der Waals surface area (Å²) in [5.74, 6) is -1.55. The molecule has 1 amide bonds. The monoisotopic (exact) mass is 375 g/mol. The highest BCUT2D eigenvalue weighted by molar-refractivity contribution is 6.76. The molecule has 0 aliphatic carbocycles. The van der Waals surface area contributed by atoms with Crippen molar-refractivity contribution >= 4 is 40.7 Å². The molecule has 0 bridgehead atoms. The van der Waals surface area contributed by atoms with E-state index in [-0.39, 0.29) is 19.1 Å². The van der Waals surface area contributed by atoms with Gasteiger partial charge in [0.1, 0.15) is 6.10 Å². The topological polar surface area (TPSA) is 88.0 Å². The fourth-order valence-corrected chi connectivity index (χ4v) is 2.04. The highest BCUT2D eigenvalue weighted by Crippen LogP contribution is 2.26. The molecule has 22 heavy (non-hydrogen) atoms. The molecule has 6 nitrogen and oxygen atoms in total. The molecule has 1 rings (SSSR count). The van der Waals surface area contributed by atoms with Crippen molar-refractivity contribution in [1.82, 2.24) is 5.32 Å². The van der Waals surface area contributed by atoms with Gasteiger partial charge in [0.15, 0.2) is 5.79 Å². The predicted molar refractivity (Wildman–Crippen MR) is 84.0 cm³/mol. The van der Waals surface area contributed by atoms with E-state index in [9.17, 15) is 9.90 Å². The van der Waals surface area contributed by atoms with Crippen LogP contribution in [0, 0.1) is 0 Å². The molecule has 0 saturated carbocycles. The Bertz CT molecular complexity index is 411. The van der Waals surface area contributed by atoms with Crippen LogP contribution < -0.4 is 5.32 Å². The first-order chi connectivity index (χ1) is 10.0. The van der Waals surface area contributed by atoms with Crippen LogP contribution in [0.3, 0.4) is 0 Å². The largest absolute Gasteiger partial charge is 0.396 e. The van der Waals surface area contributed by atoms with Crippen molar-refractivity contribution < 1.29 is 24.5 Å². The maximum atomic E-state index is 11.7. The maximum absolute atomic E-state index is 11.7. The number of rotatable bonds is 6. The van der Waals surface area contributed by atoms with Crippen LogP contribution in [0.1, 0.15) is 20.3 Å². The van der Waals surface area contributed by atoms with E-state index in [0.29, 0.717) is 6.61 Å². The Morgan fingerprint density at radius 1 is 1.50 bits per heavy atom. The fourth-order valence-electron chi connectivity index (χ4n) is 1.87. The van der Waals surface area contributed by atoms with Crippen LogP contribution in [0.5, 0.6) is 0 Å². The average Bonchev–Trinajstić information content (AvgIpc) is 2.72. The summed E-state index contributed by atoms with van der Waals surface area (Å²) in [6.07, 6.45) is 1.89. The van der Waals surface area contributed by atoms with Crippen LogP contribution in [-0.4, -0.2) is 57.2 Å². The first kappa shape index (κ1) is 20.0.